The van der Waals surface area contributed by atoms with Crippen molar-refractivity contribution in [3.63, 3.8) is 0 Å². The quantitative estimate of drug-likeness (QED) is 0.900. The molecule has 0 atom stereocenters. The van der Waals surface area contributed by atoms with Gasteiger partial charge in [0.05, 0.1) is 0 Å². The smallest absolute Gasteiger partial charge is 0.321 e. The Labute approximate surface area is 137 Å². The van der Waals surface area contributed by atoms with Crippen LogP contribution < -0.4 is 15.5 Å². The van der Waals surface area contributed by atoms with Crippen molar-refractivity contribution in [2.45, 2.75) is 51.0 Å². The average molecular weight is 315 g/mol. The molecule has 0 spiro atoms. The van der Waals surface area contributed by atoms with Crippen molar-refractivity contribution >= 4 is 17.6 Å². The summed E-state index contributed by atoms with van der Waals surface area (Å²) in [5.41, 5.74) is 1.50. The molecule has 124 valence electrons. The van der Waals surface area contributed by atoms with Gasteiger partial charge < -0.3 is 10.6 Å². The molecular formula is C18H25N3O2. The Balaban J connectivity index is 1.59. The SMILES string of the molecule is O=C(NC1CCCCCCC1)c1ccc(N2CCNC2=O)cc1. The number of nitrogens with one attached hydrogen (secondary N) is 2. The Morgan fingerprint density at radius 1 is 1.04 bits per heavy atom. The Morgan fingerprint density at radius 3 is 2.30 bits per heavy atom. The summed E-state index contributed by atoms with van der Waals surface area (Å²) in [6, 6.07) is 7.53. The van der Waals surface area contributed by atoms with Gasteiger partial charge in [0.15, 0.2) is 0 Å². The minimum Gasteiger partial charge on any atom is -0.349 e. The van der Waals surface area contributed by atoms with Gasteiger partial charge in [-0.2, -0.15) is 0 Å². The number of urea groups is 1. The van der Waals surface area contributed by atoms with Gasteiger partial charge in [-0.1, -0.05) is 32.1 Å². The average Bonchev–Trinajstić information content (AvgIpc) is 2.96. The highest BCUT2D eigenvalue weighted by Gasteiger charge is 2.21. The van der Waals surface area contributed by atoms with E-state index in [4.69, 9.17) is 0 Å². The minimum atomic E-state index is -0.0725. The Bertz CT molecular complexity index is 548. The lowest BCUT2D eigenvalue weighted by molar-refractivity contribution is 0.0930. The van der Waals surface area contributed by atoms with Crippen LogP contribution in [0.3, 0.4) is 0 Å². The minimum absolute atomic E-state index is 0.00648. The second kappa shape index (κ2) is 7.49. The van der Waals surface area contributed by atoms with E-state index in [-0.39, 0.29) is 11.9 Å². The number of rotatable bonds is 3. The maximum atomic E-state index is 12.4. The van der Waals surface area contributed by atoms with E-state index in [1.807, 2.05) is 12.1 Å². The van der Waals surface area contributed by atoms with Crippen LogP contribution in [-0.2, 0) is 0 Å². The third kappa shape index (κ3) is 4.03. The van der Waals surface area contributed by atoms with Gasteiger partial charge >= 0.3 is 6.03 Å². The second-order valence-corrected chi connectivity index (χ2v) is 6.45. The number of anilines is 1. The van der Waals surface area contributed by atoms with Crippen molar-refractivity contribution in [1.29, 1.82) is 0 Å². The molecule has 0 bridgehead atoms. The third-order valence-electron chi connectivity index (χ3n) is 4.74. The predicted molar refractivity (Wildman–Crippen MR) is 90.8 cm³/mol. The summed E-state index contributed by atoms with van der Waals surface area (Å²) in [6.45, 7) is 1.34. The van der Waals surface area contributed by atoms with Gasteiger partial charge in [0.2, 0.25) is 0 Å². The van der Waals surface area contributed by atoms with Crippen molar-refractivity contribution < 1.29 is 9.59 Å². The zero-order valence-electron chi connectivity index (χ0n) is 13.5. The number of nitrogens with zero attached hydrogens (tertiary/aromatic N) is 1. The molecule has 3 rings (SSSR count). The van der Waals surface area contributed by atoms with Crippen LogP contribution in [0.1, 0.15) is 55.3 Å². The number of amides is 3. The lowest BCUT2D eigenvalue weighted by atomic mass is 9.96. The molecule has 2 aliphatic rings. The zero-order chi connectivity index (χ0) is 16.1. The van der Waals surface area contributed by atoms with E-state index < -0.39 is 0 Å². The first-order valence-corrected chi connectivity index (χ1v) is 8.70. The van der Waals surface area contributed by atoms with Crippen LogP contribution in [0, 0.1) is 0 Å². The summed E-state index contributed by atoms with van der Waals surface area (Å²) in [7, 11) is 0. The third-order valence-corrected chi connectivity index (χ3v) is 4.74. The van der Waals surface area contributed by atoms with Gasteiger partial charge in [-0.15, -0.1) is 0 Å². The number of hydrogen-bond donors (Lipinski definition) is 2. The van der Waals surface area contributed by atoms with Gasteiger partial charge in [-0.05, 0) is 37.1 Å². The molecule has 2 fully saturated rings. The molecule has 0 aromatic heterocycles. The molecule has 5 heteroatoms. The van der Waals surface area contributed by atoms with Gasteiger partial charge in [0.25, 0.3) is 5.91 Å². The molecule has 3 amide bonds. The predicted octanol–water partition coefficient (Wildman–Crippen LogP) is 3.06. The molecule has 1 saturated heterocycles. The van der Waals surface area contributed by atoms with Crippen LogP contribution in [0.5, 0.6) is 0 Å². The van der Waals surface area contributed by atoms with E-state index in [1.165, 1.54) is 32.1 Å². The highest BCUT2D eigenvalue weighted by Crippen LogP contribution is 2.19. The molecule has 0 radical (unpaired) electrons. The largest absolute Gasteiger partial charge is 0.349 e. The summed E-state index contributed by atoms with van der Waals surface area (Å²) in [5, 5.41) is 5.95. The van der Waals surface area contributed by atoms with Crippen molar-refractivity contribution in [1.82, 2.24) is 10.6 Å². The van der Waals surface area contributed by atoms with Gasteiger partial charge in [0.1, 0.15) is 0 Å². The van der Waals surface area contributed by atoms with Crippen LogP contribution in [0.25, 0.3) is 0 Å². The van der Waals surface area contributed by atoms with E-state index in [1.54, 1.807) is 17.0 Å². The van der Waals surface area contributed by atoms with E-state index in [9.17, 15) is 9.59 Å². The van der Waals surface area contributed by atoms with E-state index in [2.05, 4.69) is 10.6 Å². The summed E-state index contributed by atoms with van der Waals surface area (Å²) in [4.78, 5) is 25.7. The number of benzene rings is 1. The Morgan fingerprint density at radius 2 is 1.70 bits per heavy atom. The first-order chi connectivity index (χ1) is 11.2. The van der Waals surface area contributed by atoms with Gasteiger partial charge in [0, 0.05) is 30.4 Å². The van der Waals surface area contributed by atoms with Crippen molar-refractivity contribution in [2.75, 3.05) is 18.0 Å². The molecule has 1 aliphatic carbocycles. The molecule has 5 nitrogen and oxygen atoms in total. The Kier molecular flexibility index (Phi) is 5.16. The molecule has 1 aromatic carbocycles. The Hall–Kier alpha value is -2.04. The monoisotopic (exact) mass is 315 g/mol. The lowest BCUT2D eigenvalue weighted by Crippen LogP contribution is -2.35. The highest BCUT2D eigenvalue weighted by molar-refractivity contribution is 5.97. The van der Waals surface area contributed by atoms with Crippen LogP contribution in [0.2, 0.25) is 0 Å². The summed E-state index contributed by atoms with van der Waals surface area (Å²) < 4.78 is 0. The molecule has 1 aromatic rings. The topological polar surface area (TPSA) is 61.4 Å². The van der Waals surface area contributed by atoms with Gasteiger partial charge in [-0.3, -0.25) is 9.69 Å². The molecule has 1 heterocycles. The maximum absolute atomic E-state index is 12.4. The fourth-order valence-corrected chi connectivity index (χ4v) is 3.38. The number of carbonyl (C=O) groups is 2. The van der Waals surface area contributed by atoms with Crippen molar-refractivity contribution in [3.05, 3.63) is 29.8 Å². The first kappa shape index (κ1) is 15.8. The molecule has 23 heavy (non-hydrogen) atoms. The van der Waals surface area contributed by atoms with Crippen molar-refractivity contribution in [2.24, 2.45) is 0 Å². The molecule has 1 saturated carbocycles. The fraction of sp³-hybridized carbons (Fsp3) is 0.556. The van der Waals surface area contributed by atoms with E-state index >= 15 is 0 Å². The lowest BCUT2D eigenvalue weighted by Gasteiger charge is -2.21. The first-order valence-electron chi connectivity index (χ1n) is 8.70. The summed E-state index contributed by atoms with van der Waals surface area (Å²) >= 11 is 0. The highest BCUT2D eigenvalue weighted by atomic mass is 16.2. The fourth-order valence-electron chi connectivity index (χ4n) is 3.38. The van der Waals surface area contributed by atoms with Crippen molar-refractivity contribution in [3.8, 4) is 0 Å². The van der Waals surface area contributed by atoms with Crippen LogP contribution in [-0.4, -0.2) is 31.1 Å². The normalized spacial score (nSPS) is 19.8. The van der Waals surface area contributed by atoms with Gasteiger partial charge in [-0.25, -0.2) is 4.79 Å². The molecule has 2 N–H and O–H groups in total. The summed E-state index contributed by atoms with van der Waals surface area (Å²) in [6.07, 6.45) is 8.45. The second-order valence-electron chi connectivity index (χ2n) is 6.45. The number of hydrogen-bond acceptors (Lipinski definition) is 2. The molecule has 1 aliphatic heterocycles. The van der Waals surface area contributed by atoms with Crippen LogP contribution in [0.15, 0.2) is 24.3 Å². The zero-order valence-corrected chi connectivity index (χ0v) is 13.5. The maximum Gasteiger partial charge on any atom is 0.321 e. The van der Waals surface area contributed by atoms with E-state index in [0.29, 0.717) is 24.7 Å². The number of carbonyl (C=O) groups excluding carboxylic acids is 2. The standard InChI is InChI=1S/C18H25N3O2/c22-17(20-15-6-4-2-1-3-5-7-15)14-8-10-16(11-9-14)21-13-12-19-18(21)23/h8-11,15H,1-7,12-13H2,(H,19,23)(H,20,22). The van der Waals surface area contributed by atoms with Crippen LogP contribution >= 0.6 is 0 Å². The van der Waals surface area contributed by atoms with Crippen LogP contribution in [0.4, 0.5) is 10.5 Å². The summed E-state index contributed by atoms with van der Waals surface area (Å²) in [5.74, 6) is -0.00648. The molecule has 0 unspecified atom stereocenters. The van der Waals surface area contributed by atoms with E-state index in [0.717, 1.165) is 18.5 Å². The molecular weight excluding hydrogens is 290 g/mol.